The molecular formula is C20H27N. The van der Waals surface area contributed by atoms with E-state index in [1.165, 1.54) is 27.8 Å². The molecule has 1 unspecified atom stereocenters. The van der Waals surface area contributed by atoms with Crippen LogP contribution >= 0.6 is 0 Å². The smallest absolute Gasteiger partial charge is 0.0363 e. The lowest BCUT2D eigenvalue weighted by atomic mass is 9.93. The van der Waals surface area contributed by atoms with Crippen LogP contribution in [-0.2, 0) is 6.42 Å². The van der Waals surface area contributed by atoms with Gasteiger partial charge in [0.1, 0.15) is 0 Å². The largest absolute Gasteiger partial charge is 0.310 e. The van der Waals surface area contributed by atoms with Gasteiger partial charge in [0.2, 0.25) is 0 Å². The molecule has 2 aromatic rings. The normalized spacial score (nSPS) is 12.4. The van der Waals surface area contributed by atoms with Crippen molar-refractivity contribution in [2.75, 3.05) is 6.54 Å². The number of aryl methyl sites for hydroxylation is 3. The monoisotopic (exact) mass is 281 g/mol. The molecule has 0 aliphatic rings. The summed E-state index contributed by atoms with van der Waals surface area (Å²) in [7, 11) is 0. The molecule has 0 spiro atoms. The zero-order valence-corrected chi connectivity index (χ0v) is 13.7. The predicted octanol–water partition coefficient (Wildman–Crippen LogP) is 4.90. The summed E-state index contributed by atoms with van der Waals surface area (Å²) in [5.41, 5.74) is 6.87. The topological polar surface area (TPSA) is 12.0 Å². The Morgan fingerprint density at radius 2 is 1.57 bits per heavy atom. The summed E-state index contributed by atoms with van der Waals surface area (Å²) in [5, 5.41) is 3.72. The first kappa shape index (κ1) is 15.8. The van der Waals surface area contributed by atoms with Crippen molar-refractivity contribution in [2.24, 2.45) is 0 Å². The van der Waals surface area contributed by atoms with Crippen LogP contribution in [0.25, 0.3) is 0 Å². The fraction of sp³-hybridized carbons (Fsp3) is 0.400. The molecule has 1 heteroatoms. The van der Waals surface area contributed by atoms with E-state index in [4.69, 9.17) is 0 Å². The SMILES string of the molecule is CCCNC(Cc1ccc(C)cc1)c1cc(C)ccc1C. The third-order valence-electron chi connectivity index (χ3n) is 4.01. The summed E-state index contributed by atoms with van der Waals surface area (Å²) in [6.45, 7) is 9.81. The quantitative estimate of drug-likeness (QED) is 0.794. The van der Waals surface area contributed by atoms with Gasteiger partial charge in [-0.1, -0.05) is 60.5 Å². The highest BCUT2D eigenvalue weighted by Gasteiger charge is 2.14. The van der Waals surface area contributed by atoms with Crippen molar-refractivity contribution < 1.29 is 0 Å². The Kier molecular flexibility index (Phi) is 5.58. The van der Waals surface area contributed by atoms with E-state index in [0.717, 1.165) is 19.4 Å². The summed E-state index contributed by atoms with van der Waals surface area (Å²) >= 11 is 0. The zero-order valence-electron chi connectivity index (χ0n) is 13.7. The maximum atomic E-state index is 3.72. The van der Waals surface area contributed by atoms with E-state index in [2.05, 4.69) is 75.5 Å². The fourth-order valence-electron chi connectivity index (χ4n) is 2.71. The molecule has 2 aromatic carbocycles. The molecule has 0 aliphatic heterocycles. The van der Waals surface area contributed by atoms with Crippen LogP contribution in [0, 0.1) is 20.8 Å². The van der Waals surface area contributed by atoms with Crippen LogP contribution in [0.15, 0.2) is 42.5 Å². The van der Waals surface area contributed by atoms with Crippen molar-refractivity contribution in [2.45, 2.75) is 46.6 Å². The van der Waals surface area contributed by atoms with Gasteiger partial charge in [-0.15, -0.1) is 0 Å². The predicted molar refractivity (Wildman–Crippen MR) is 91.8 cm³/mol. The third-order valence-corrected chi connectivity index (χ3v) is 4.01. The lowest BCUT2D eigenvalue weighted by Gasteiger charge is -2.22. The van der Waals surface area contributed by atoms with Crippen molar-refractivity contribution in [3.05, 3.63) is 70.3 Å². The first-order chi connectivity index (χ1) is 10.1. The van der Waals surface area contributed by atoms with E-state index in [-0.39, 0.29) is 0 Å². The molecule has 0 radical (unpaired) electrons. The first-order valence-corrected chi connectivity index (χ1v) is 7.96. The lowest BCUT2D eigenvalue weighted by molar-refractivity contribution is 0.527. The van der Waals surface area contributed by atoms with Crippen molar-refractivity contribution >= 4 is 0 Å². The summed E-state index contributed by atoms with van der Waals surface area (Å²) in [4.78, 5) is 0. The van der Waals surface area contributed by atoms with Crippen LogP contribution < -0.4 is 5.32 Å². The molecule has 1 nitrogen and oxygen atoms in total. The second kappa shape index (κ2) is 7.42. The highest BCUT2D eigenvalue weighted by molar-refractivity contribution is 5.34. The van der Waals surface area contributed by atoms with E-state index in [0.29, 0.717) is 6.04 Å². The van der Waals surface area contributed by atoms with Crippen LogP contribution in [0.1, 0.15) is 47.2 Å². The Morgan fingerprint density at radius 1 is 0.905 bits per heavy atom. The van der Waals surface area contributed by atoms with Gasteiger partial charge in [-0.05, 0) is 56.8 Å². The number of hydrogen-bond acceptors (Lipinski definition) is 1. The van der Waals surface area contributed by atoms with Gasteiger partial charge in [0.15, 0.2) is 0 Å². The summed E-state index contributed by atoms with van der Waals surface area (Å²) < 4.78 is 0. The molecule has 1 N–H and O–H groups in total. The minimum atomic E-state index is 0.396. The van der Waals surface area contributed by atoms with Gasteiger partial charge in [0, 0.05) is 6.04 Å². The Morgan fingerprint density at radius 3 is 2.24 bits per heavy atom. The molecular weight excluding hydrogens is 254 g/mol. The first-order valence-electron chi connectivity index (χ1n) is 7.96. The Hall–Kier alpha value is -1.60. The van der Waals surface area contributed by atoms with Crippen LogP contribution in [-0.4, -0.2) is 6.54 Å². The average Bonchev–Trinajstić information content (AvgIpc) is 2.48. The van der Waals surface area contributed by atoms with Gasteiger partial charge in [-0.2, -0.15) is 0 Å². The van der Waals surface area contributed by atoms with E-state index >= 15 is 0 Å². The molecule has 0 amide bonds. The van der Waals surface area contributed by atoms with Gasteiger partial charge in [0.25, 0.3) is 0 Å². The maximum Gasteiger partial charge on any atom is 0.0363 e. The van der Waals surface area contributed by atoms with E-state index < -0.39 is 0 Å². The zero-order chi connectivity index (χ0) is 15.2. The standard InChI is InChI=1S/C20H27N/c1-5-12-21-20(14-18-10-7-15(2)8-11-18)19-13-16(3)6-9-17(19)4/h6-11,13,20-21H,5,12,14H2,1-4H3. The van der Waals surface area contributed by atoms with E-state index in [1.807, 2.05) is 0 Å². The van der Waals surface area contributed by atoms with Gasteiger partial charge < -0.3 is 5.32 Å². The van der Waals surface area contributed by atoms with E-state index in [1.54, 1.807) is 0 Å². The van der Waals surface area contributed by atoms with Crippen LogP contribution in [0.5, 0.6) is 0 Å². The average molecular weight is 281 g/mol. The number of rotatable bonds is 6. The maximum absolute atomic E-state index is 3.72. The highest BCUT2D eigenvalue weighted by Crippen LogP contribution is 2.23. The van der Waals surface area contributed by atoms with Crippen LogP contribution in [0.4, 0.5) is 0 Å². The molecule has 0 heterocycles. The van der Waals surface area contributed by atoms with Gasteiger partial charge >= 0.3 is 0 Å². The lowest BCUT2D eigenvalue weighted by Crippen LogP contribution is -2.25. The minimum absolute atomic E-state index is 0.396. The van der Waals surface area contributed by atoms with E-state index in [9.17, 15) is 0 Å². The Bertz CT molecular complexity index is 569. The summed E-state index contributed by atoms with van der Waals surface area (Å²) in [6.07, 6.45) is 2.21. The van der Waals surface area contributed by atoms with Crippen molar-refractivity contribution in [1.29, 1.82) is 0 Å². The summed E-state index contributed by atoms with van der Waals surface area (Å²) in [6, 6.07) is 16.1. The molecule has 0 bridgehead atoms. The molecule has 0 aromatic heterocycles. The summed E-state index contributed by atoms with van der Waals surface area (Å²) in [5.74, 6) is 0. The molecule has 0 saturated carbocycles. The minimum Gasteiger partial charge on any atom is -0.310 e. The molecule has 21 heavy (non-hydrogen) atoms. The Balaban J connectivity index is 2.25. The number of benzene rings is 2. The molecule has 0 fully saturated rings. The Labute approximate surface area is 129 Å². The van der Waals surface area contributed by atoms with Crippen molar-refractivity contribution in [3.63, 3.8) is 0 Å². The van der Waals surface area contributed by atoms with Gasteiger partial charge in [0.05, 0.1) is 0 Å². The van der Waals surface area contributed by atoms with Gasteiger partial charge in [-0.25, -0.2) is 0 Å². The second-order valence-electron chi connectivity index (χ2n) is 6.06. The number of hydrogen-bond donors (Lipinski definition) is 1. The molecule has 1 atom stereocenters. The second-order valence-corrected chi connectivity index (χ2v) is 6.06. The van der Waals surface area contributed by atoms with Gasteiger partial charge in [-0.3, -0.25) is 0 Å². The molecule has 112 valence electrons. The fourth-order valence-corrected chi connectivity index (χ4v) is 2.71. The third kappa shape index (κ3) is 4.44. The highest BCUT2D eigenvalue weighted by atomic mass is 14.9. The molecule has 0 saturated heterocycles. The van der Waals surface area contributed by atoms with Crippen LogP contribution in [0.2, 0.25) is 0 Å². The van der Waals surface area contributed by atoms with Crippen molar-refractivity contribution in [1.82, 2.24) is 5.32 Å². The number of nitrogens with one attached hydrogen (secondary N) is 1. The van der Waals surface area contributed by atoms with Crippen LogP contribution in [0.3, 0.4) is 0 Å². The molecule has 0 aliphatic carbocycles. The molecule has 2 rings (SSSR count). The van der Waals surface area contributed by atoms with Crippen molar-refractivity contribution in [3.8, 4) is 0 Å².